The summed E-state index contributed by atoms with van der Waals surface area (Å²) in [6, 6.07) is 0.397. The van der Waals surface area contributed by atoms with Gasteiger partial charge in [-0.2, -0.15) is 0 Å². The fourth-order valence-corrected chi connectivity index (χ4v) is 4.67. The normalized spacial score (nSPS) is 34.4. The van der Waals surface area contributed by atoms with Crippen molar-refractivity contribution in [3.05, 3.63) is 0 Å². The fraction of sp³-hybridized carbons (Fsp3) is 0.941. The molecule has 2 saturated carbocycles. The van der Waals surface area contributed by atoms with Crippen molar-refractivity contribution >= 4 is 29.9 Å². The van der Waals surface area contributed by atoms with E-state index in [0.717, 1.165) is 38.0 Å². The molecule has 0 aromatic carbocycles. The molecule has 3 aliphatic rings. The minimum absolute atomic E-state index is 0. The van der Waals surface area contributed by atoms with Gasteiger partial charge in [-0.05, 0) is 44.9 Å². The lowest BCUT2D eigenvalue weighted by Gasteiger charge is -2.52. The summed E-state index contributed by atoms with van der Waals surface area (Å²) in [5.41, 5.74) is 6.63. The SMILES string of the molecule is CCOC1CC(N=C(N)N2CCCC(C)C2)C12CCCC2.I. The summed E-state index contributed by atoms with van der Waals surface area (Å²) in [6.45, 7) is 7.38. The Morgan fingerprint density at radius 3 is 2.68 bits per heavy atom. The molecule has 1 saturated heterocycles. The van der Waals surface area contributed by atoms with Gasteiger partial charge in [-0.25, -0.2) is 4.99 Å². The minimum atomic E-state index is 0. The van der Waals surface area contributed by atoms with Gasteiger partial charge in [0, 0.05) is 25.1 Å². The Morgan fingerprint density at radius 2 is 2.05 bits per heavy atom. The van der Waals surface area contributed by atoms with Crippen LogP contribution in [-0.2, 0) is 4.74 Å². The molecule has 0 aromatic heterocycles. The van der Waals surface area contributed by atoms with Gasteiger partial charge in [0.15, 0.2) is 5.96 Å². The summed E-state index contributed by atoms with van der Waals surface area (Å²) in [7, 11) is 0. The number of nitrogens with zero attached hydrogens (tertiary/aromatic N) is 2. The zero-order valence-corrected chi connectivity index (χ0v) is 16.4. The highest BCUT2D eigenvalue weighted by molar-refractivity contribution is 14.0. The molecule has 1 heterocycles. The number of hydrogen-bond acceptors (Lipinski definition) is 2. The molecule has 1 aliphatic heterocycles. The Kier molecular flexibility index (Phi) is 6.39. The lowest BCUT2D eigenvalue weighted by molar-refractivity contribution is -0.119. The topological polar surface area (TPSA) is 50.9 Å². The summed E-state index contributed by atoms with van der Waals surface area (Å²) < 4.78 is 5.97. The van der Waals surface area contributed by atoms with E-state index in [9.17, 15) is 0 Å². The molecule has 4 nitrogen and oxygen atoms in total. The van der Waals surface area contributed by atoms with Crippen LogP contribution < -0.4 is 5.73 Å². The lowest BCUT2D eigenvalue weighted by atomic mass is 9.61. The first-order valence-corrected chi connectivity index (χ1v) is 8.85. The monoisotopic (exact) mass is 421 g/mol. The molecular weight excluding hydrogens is 389 g/mol. The highest BCUT2D eigenvalue weighted by atomic mass is 127. The summed E-state index contributed by atoms with van der Waals surface area (Å²) in [5.74, 6) is 1.53. The zero-order chi connectivity index (χ0) is 14.9. The van der Waals surface area contributed by atoms with Crippen molar-refractivity contribution in [2.75, 3.05) is 19.7 Å². The van der Waals surface area contributed by atoms with Crippen molar-refractivity contribution in [3.63, 3.8) is 0 Å². The quantitative estimate of drug-likeness (QED) is 0.432. The fourth-order valence-electron chi connectivity index (χ4n) is 4.67. The van der Waals surface area contributed by atoms with Gasteiger partial charge in [0.1, 0.15) is 0 Å². The van der Waals surface area contributed by atoms with Gasteiger partial charge in [-0.3, -0.25) is 0 Å². The second kappa shape index (κ2) is 7.69. The van der Waals surface area contributed by atoms with Crippen LogP contribution in [-0.4, -0.2) is 42.7 Å². The summed E-state index contributed by atoms with van der Waals surface area (Å²) in [6.07, 6.45) is 9.26. The smallest absolute Gasteiger partial charge is 0.191 e. The molecule has 3 fully saturated rings. The average molecular weight is 421 g/mol. The van der Waals surface area contributed by atoms with Gasteiger partial charge in [0.2, 0.25) is 0 Å². The van der Waals surface area contributed by atoms with E-state index in [1.807, 2.05) is 0 Å². The van der Waals surface area contributed by atoms with Crippen LogP contribution in [0.3, 0.4) is 0 Å². The predicted molar refractivity (Wildman–Crippen MR) is 102 cm³/mol. The van der Waals surface area contributed by atoms with Crippen LogP contribution in [0.4, 0.5) is 0 Å². The van der Waals surface area contributed by atoms with Gasteiger partial charge in [0.05, 0.1) is 12.1 Å². The van der Waals surface area contributed by atoms with E-state index < -0.39 is 0 Å². The number of aliphatic imine (C=N–C) groups is 1. The maximum absolute atomic E-state index is 6.33. The first-order chi connectivity index (χ1) is 10.2. The van der Waals surface area contributed by atoms with Crippen LogP contribution in [0.5, 0.6) is 0 Å². The third kappa shape index (κ3) is 3.40. The number of ether oxygens (including phenoxy) is 1. The average Bonchev–Trinajstić information content (AvgIpc) is 2.98. The van der Waals surface area contributed by atoms with Crippen molar-refractivity contribution in [3.8, 4) is 0 Å². The molecule has 5 heteroatoms. The number of rotatable bonds is 3. The largest absolute Gasteiger partial charge is 0.378 e. The number of likely N-dealkylation sites (tertiary alicyclic amines) is 1. The van der Waals surface area contributed by atoms with Crippen LogP contribution >= 0.6 is 24.0 Å². The van der Waals surface area contributed by atoms with E-state index >= 15 is 0 Å². The number of halogens is 1. The number of piperidine rings is 1. The number of guanidine groups is 1. The lowest BCUT2D eigenvalue weighted by Crippen LogP contribution is -2.57. The van der Waals surface area contributed by atoms with E-state index in [0.29, 0.717) is 17.6 Å². The molecule has 2 aliphatic carbocycles. The molecule has 3 atom stereocenters. The molecular formula is C17H32IN3O. The van der Waals surface area contributed by atoms with E-state index in [4.69, 9.17) is 15.5 Å². The van der Waals surface area contributed by atoms with E-state index in [-0.39, 0.29) is 24.0 Å². The molecule has 0 aromatic rings. The molecule has 2 N–H and O–H groups in total. The van der Waals surface area contributed by atoms with E-state index in [1.54, 1.807) is 0 Å². The molecule has 0 amide bonds. The first kappa shape index (κ1) is 18.3. The van der Waals surface area contributed by atoms with Gasteiger partial charge in [-0.15, -0.1) is 24.0 Å². The number of nitrogens with two attached hydrogens (primary N) is 1. The standard InChI is InChI=1S/C17H31N3O.HI/c1-3-21-15-11-14(17(15)8-4-5-9-17)19-16(18)20-10-6-7-13(2)12-20;/h13-15H,3-12H2,1-2H3,(H2,18,19);1H. The molecule has 3 unspecified atom stereocenters. The van der Waals surface area contributed by atoms with Crippen molar-refractivity contribution in [1.29, 1.82) is 0 Å². The predicted octanol–water partition coefficient (Wildman–Crippen LogP) is 3.39. The Morgan fingerprint density at radius 1 is 1.32 bits per heavy atom. The maximum Gasteiger partial charge on any atom is 0.191 e. The first-order valence-electron chi connectivity index (χ1n) is 8.85. The van der Waals surface area contributed by atoms with Crippen LogP contribution in [0.15, 0.2) is 4.99 Å². The van der Waals surface area contributed by atoms with E-state index in [2.05, 4.69) is 18.7 Å². The number of hydrogen-bond donors (Lipinski definition) is 1. The summed E-state index contributed by atoms with van der Waals surface area (Å²) in [4.78, 5) is 7.24. The van der Waals surface area contributed by atoms with Crippen molar-refractivity contribution in [1.82, 2.24) is 4.90 Å². The van der Waals surface area contributed by atoms with Crippen LogP contribution in [0.25, 0.3) is 0 Å². The molecule has 1 spiro atoms. The second-order valence-electron chi connectivity index (χ2n) is 7.32. The molecule has 0 radical (unpaired) electrons. The highest BCUT2D eigenvalue weighted by Crippen LogP contribution is 2.56. The Hall–Kier alpha value is -0.0400. The van der Waals surface area contributed by atoms with E-state index in [1.165, 1.54) is 38.5 Å². The van der Waals surface area contributed by atoms with Gasteiger partial charge >= 0.3 is 0 Å². The third-order valence-electron chi connectivity index (χ3n) is 5.91. The Balaban J connectivity index is 0.00000176. The van der Waals surface area contributed by atoms with Crippen molar-refractivity contribution in [2.45, 2.75) is 70.9 Å². The second-order valence-corrected chi connectivity index (χ2v) is 7.32. The third-order valence-corrected chi connectivity index (χ3v) is 5.91. The molecule has 3 rings (SSSR count). The summed E-state index contributed by atoms with van der Waals surface area (Å²) >= 11 is 0. The van der Waals surface area contributed by atoms with Crippen molar-refractivity contribution < 1.29 is 4.74 Å². The van der Waals surface area contributed by atoms with Crippen LogP contribution in [0, 0.1) is 11.3 Å². The molecule has 0 bridgehead atoms. The van der Waals surface area contributed by atoms with Gasteiger partial charge in [-0.1, -0.05) is 19.8 Å². The van der Waals surface area contributed by atoms with Gasteiger partial charge < -0.3 is 15.4 Å². The Labute approximate surface area is 152 Å². The van der Waals surface area contributed by atoms with Crippen molar-refractivity contribution in [2.24, 2.45) is 22.1 Å². The van der Waals surface area contributed by atoms with Crippen LogP contribution in [0.1, 0.15) is 58.8 Å². The van der Waals surface area contributed by atoms with Crippen LogP contribution in [0.2, 0.25) is 0 Å². The minimum Gasteiger partial charge on any atom is -0.378 e. The Bertz CT molecular complexity index is 395. The zero-order valence-electron chi connectivity index (χ0n) is 14.1. The summed E-state index contributed by atoms with van der Waals surface area (Å²) in [5, 5.41) is 0. The molecule has 22 heavy (non-hydrogen) atoms. The maximum atomic E-state index is 6.33. The van der Waals surface area contributed by atoms with Gasteiger partial charge in [0.25, 0.3) is 0 Å². The highest BCUT2D eigenvalue weighted by Gasteiger charge is 2.57. The molecule has 128 valence electrons.